The van der Waals surface area contributed by atoms with Crippen LogP contribution < -0.4 is 10.4 Å². The molecule has 1 heteroatoms. The van der Waals surface area contributed by atoms with E-state index in [2.05, 4.69) is 183 Å². The largest absolute Gasteiger partial charge is 0.113 e. The molecule has 0 radical (unpaired) electrons. The van der Waals surface area contributed by atoms with Crippen molar-refractivity contribution in [2.75, 3.05) is 0 Å². The minimum absolute atomic E-state index is 1.25. The van der Waals surface area contributed by atoms with Gasteiger partial charge in [-0.1, -0.05) is 140 Å². The molecule has 0 bridgehead atoms. The summed E-state index contributed by atoms with van der Waals surface area (Å²) in [6.45, 7) is 5.08. The Kier molecular flexibility index (Phi) is 6.13. The van der Waals surface area contributed by atoms with Crippen molar-refractivity contribution >= 4 is 61.5 Å². The number of hydrogen-bond acceptors (Lipinski definition) is 0. The number of rotatable bonds is 3. The molecular formula is C48H34Si. The molecule has 1 aliphatic rings. The molecule has 49 heavy (non-hydrogen) atoms. The van der Waals surface area contributed by atoms with Gasteiger partial charge in [0.05, 0.1) is 0 Å². The third-order valence-corrected chi connectivity index (χ3v) is 14.5. The van der Waals surface area contributed by atoms with Crippen LogP contribution in [0.5, 0.6) is 0 Å². The molecule has 0 N–H and O–H groups in total. The second-order valence-electron chi connectivity index (χ2n) is 14.2. The molecule has 0 fully saturated rings. The Morgan fingerprint density at radius 2 is 0.673 bits per heavy atom. The molecule has 0 saturated heterocycles. The molecule has 0 nitrogen and oxygen atoms in total. The Morgan fingerprint density at radius 3 is 1.20 bits per heavy atom. The van der Waals surface area contributed by atoms with Gasteiger partial charge in [-0.25, -0.2) is 0 Å². The van der Waals surface area contributed by atoms with Crippen LogP contribution in [0.15, 0.2) is 170 Å². The van der Waals surface area contributed by atoms with Crippen molar-refractivity contribution < 1.29 is 0 Å². The van der Waals surface area contributed by atoms with Gasteiger partial charge in [0.25, 0.3) is 0 Å². The van der Waals surface area contributed by atoms with Crippen molar-refractivity contribution in [1.82, 2.24) is 0 Å². The minimum atomic E-state index is -2.08. The van der Waals surface area contributed by atoms with Gasteiger partial charge in [-0.2, -0.15) is 0 Å². The normalized spacial score (nSPS) is 13.3. The third kappa shape index (κ3) is 4.50. The molecular weight excluding hydrogens is 605 g/mol. The van der Waals surface area contributed by atoms with Gasteiger partial charge in [-0.15, -0.1) is 0 Å². The van der Waals surface area contributed by atoms with E-state index in [0.29, 0.717) is 0 Å². The zero-order valence-electron chi connectivity index (χ0n) is 27.7. The summed E-state index contributed by atoms with van der Waals surface area (Å²) in [5.41, 5.74) is 10.4. The Labute approximate surface area is 287 Å². The highest BCUT2D eigenvalue weighted by atomic mass is 28.3. The third-order valence-electron chi connectivity index (χ3n) is 11.0. The smallest absolute Gasteiger partial charge is 0.0616 e. The van der Waals surface area contributed by atoms with Crippen molar-refractivity contribution in [2.45, 2.75) is 13.1 Å². The zero-order chi connectivity index (χ0) is 32.7. The molecule has 0 unspecified atom stereocenters. The lowest BCUT2D eigenvalue weighted by molar-refractivity contribution is 1.59. The summed E-state index contributed by atoms with van der Waals surface area (Å²) in [4.78, 5) is 0. The van der Waals surface area contributed by atoms with E-state index < -0.39 is 8.07 Å². The topological polar surface area (TPSA) is 0 Å². The van der Waals surface area contributed by atoms with Crippen LogP contribution >= 0.6 is 0 Å². The quantitative estimate of drug-likeness (QED) is 0.169. The molecule has 0 spiro atoms. The van der Waals surface area contributed by atoms with Crippen LogP contribution in [0, 0.1) is 0 Å². The molecule has 9 aromatic carbocycles. The second kappa shape index (κ2) is 10.6. The van der Waals surface area contributed by atoms with Crippen molar-refractivity contribution in [3.8, 4) is 44.5 Å². The molecule has 230 valence electrons. The van der Waals surface area contributed by atoms with Gasteiger partial charge in [-0.3, -0.25) is 0 Å². The Hall–Kier alpha value is -5.76. The molecule has 9 aromatic rings. The highest BCUT2D eigenvalue weighted by Gasteiger charge is 2.36. The van der Waals surface area contributed by atoms with Crippen LogP contribution in [0.2, 0.25) is 13.1 Å². The summed E-state index contributed by atoms with van der Waals surface area (Å²) in [6, 6.07) is 63.9. The maximum atomic E-state index is 2.54. The van der Waals surface area contributed by atoms with Crippen LogP contribution in [0.3, 0.4) is 0 Å². The molecule has 0 amide bonds. The minimum Gasteiger partial charge on any atom is -0.0616 e. The molecule has 0 saturated carbocycles. The summed E-state index contributed by atoms with van der Waals surface area (Å²) in [7, 11) is -2.08. The highest BCUT2D eigenvalue weighted by Crippen LogP contribution is 2.41. The fourth-order valence-corrected chi connectivity index (χ4v) is 11.4. The van der Waals surface area contributed by atoms with Gasteiger partial charge >= 0.3 is 0 Å². The van der Waals surface area contributed by atoms with Crippen molar-refractivity contribution in [2.24, 2.45) is 0 Å². The van der Waals surface area contributed by atoms with Crippen molar-refractivity contribution in [1.29, 1.82) is 0 Å². The number of benzene rings is 9. The summed E-state index contributed by atoms with van der Waals surface area (Å²) < 4.78 is 0. The van der Waals surface area contributed by atoms with Crippen LogP contribution in [-0.4, -0.2) is 8.07 Å². The van der Waals surface area contributed by atoms with E-state index in [1.165, 1.54) is 98.0 Å². The summed E-state index contributed by atoms with van der Waals surface area (Å²) in [5.74, 6) is 0. The predicted molar refractivity (Wildman–Crippen MR) is 215 cm³/mol. The van der Waals surface area contributed by atoms with Crippen molar-refractivity contribution in [3.05, 3.63) is 170 Å². The van der Waals surface area contributed by atoms with Crippen LogP contribution in [0.4, 0.5) is 0 Å². The summed E-state index contributed by atoms with van der Waals surface area (Å²) in [5, 5.41) is 13.4. The monoisotopic (exact) mass is 638 g/mol. The molecule has 10 rings (SSSR count). The highest BCUT2D eigenvalue weighted by molar-refractivity contribution is 7.03. The predicted octanol–water partition coefficient (Wildman–Crippen LogP) is 12.1. The molecule has 1 heterocycles. The average Bonchev–Trinajstić information content (AvgIpc) is 3.15. The fourth-order valence-electron chi connectivity index (χ4n) is 8.30. The Balaban J connectivity index is 1.24. The standard InChI is InChI=1S/C48H34Si/c1-49(2)46-22-21-40(37-18-15-31-9-3-6-12-34(31)23-37)28-44(46)45-29-41(38-19-16-32-10-4-7-13-35(32)24-38)26-43-27-42(30-47(49)48(43)45)39-20-17-33-11-5-8-14-36(33)25-39/h3-30H,1-2H3. The maximum Gasteiger partial charge on any atom is 0.113 e. The van der Waals surface area contributed by atoms with Gasteiger partial charge < -0.3 is 0 Å². The summed E-state index contributed by atoms with van der Waals surface area (Å²) >= 11 is 0. The lowest BCUT2D eigenvalue weighted by Crippen LogP contribution is -2.55. The van der Waals surface area contributed by atoms with E-state index in [1.54, 1.807) is 0 Å². The number of fused-ring (bicyclic) bond motifs is 5. The van der Waals surface area contributed by atoms with Gasteiger partial charge in [0, 0.05) is 0 Å². The van der Waals surface area contributed by atoms with Gasteiger partial charge in [-0.05, 0) is 140 Å². The van der Waals surface area contributed by atoms with Gasteiger partial charge in [0.2, 0.25) is 0 Å². The van der Waals surface area contributed by atoms with Crippen LogP contribution in [0.25, 0.3) is 87.6 Å². The van der Waals surface area contributed by atoms with Crippen LogP contribution in [-0.2, 0) is 0 Å². The average molecular weight is 639 g/mol. The first-order chi connectivity index (χ1) is 24.0. The van der Waals surface area contributed by atoms with Crippen molar-refractivity contribution in [3.63, 3.8) is 0 Å². The molecule has 0 aromatic heterocycles. The SMILES string of the molecule is C[Si]1(C)c2ccc(-c3ccc4ccccc4c3)cc2-c2cc(-c3ccc4ccccc4c3)cc3cc(-c4ccc5ccccc5c4)cc1c23. The number of hydrogen-bond donors (Lipinski definition) is 0. The lowest BCUT2D eigenvalue weighted by Gasteiger charge is -2.35. The molecule has 1 aliphatic heterocycles. The van der Waals surface area contributed by atoms with E-state index in [1.807, 2.05) is 0 Å². The van der Waals surface area contributed by atoms with Crippen LogP contribution in [0.1, 0.15) is 0 Å². The Morgan fingerprint density at radius 1 is 0.286 bits per heavy atom. The first kappa shape index (κ1) is 28.3. The maximum absolute atomic E-state index is 2.54. The lowest BCUT2D eigenvalue weighted by atomic mass is 9.89. The van der Waals surface area contributed by atoms with E-state index in [9.17, 15) is 0 Å². The first-order valence-electron chi connectivity index (χ1n) is 17.2. The second-order valence-corrected chi connectivity index (χ2v) is 18.5. The fraction of sp³-hybridized carbons (Fsp3) is 0.0417. The van der Waals surface area contributed by atoms with E-state index in [0.717, 1.165) is 0 Å². The van der Waals surface area contributed by atoms with E-state index in [4.69, 9.17) is 0 Å². The first-order valence-corrected chi connectivity index (χ1v) is 20.2. The molecule has 0 aliphatic carbocycles. The van der Waals surface area contributed by atoms with Gasteiger partial charge in [0.15, 0.2) is 0 Å². The zero-order valence-corrected chi connectivity index (χ0v) is 28.7. The van der Waals surface area contributed by atoms with E-state index in [-0.39, 0.29) is 0 Å². The molecule has 0 atom stereocenters. The Bertz CT molecular complexity index is 2800. The van der Waals surface area contributed by atoms with E-state index >= 15 is 0 Å². The summed E-state index contributed by atoms with van der Waals surface area (Å²) in [6.07, 6.45) is 0. The van der Waals surface area contributed by atoms with Gasteiger partial charge in [0.1, 0.15) is 8.07 Å².